The number of hydrogen-bond acceptors (Lipinski definition) is 3. The van der Waals surface area contributed by atoms with E-state index < -0.39 is 6.04 Å². The molecule has 0 saturated heterocycles. The third-order valence-corrected chi connectivity index (χ3v) is 5.33. The van der Waals surface area contributed by atoms with E-state index in [0.29, 0.717) is 13.0 Å². The summed E-state index contributed by atoms with van der Waals surface area (Å²) in [6, 6.07) is 19.1. The Bertz CT molecular complexity index is 646. The fourth-order valence-electron chi connectivity index (χ4n) is 2.21. The summed E-state index contributed by atoms with van der Waals surface area (Å²) in [5.41, 5.74) is 0.988. The van der Waals surface area contributed by atoms with Crippen LogP contribution in [0.1, 0.15) is 12.5 Å². The van der Waals surface area contributed by atoms with E-state index in [1.807, 2.05) is 48.5 Å². The number of carbonyl (C=O) groups is 2. The first kappa shape index (κ1) is 18.2. The van der Waals surface area contributed by atoms with Crippen LogP contribution in [-0.4, -0.2) is 39.5 Å². The first-order valence-electron chi connectivity index (χ1n) is 7.80. The van der Waals surface area contributed by atoms with Gasteiger partial charge in [0.1, 0.15) is 0 Å². The molecular formula is C19H21NO3Se. The Labute approximate surface area is 148 Å². The van der Waals surface area contributed by atoms with Crippen LogP contribution in [0.25, 0.3) is 0 Å². The minimum atomic E-state index is -0.644. The molecule has 1 N–H and O–H groups in total. The van der Waals surface area contributed by atoms with E-state index in [1.165, 1.54) is 11.4 Å². The van der Waals surface area contributed by atoms with E-state index >= 15 is 0 Å². The Balaban J connectivity index is 1.82. The molecule has 1 atom stereocenters. The molecule has 2 rings (SSSR count). The van der Waals surface area contributed by atoms with Gasteiger partial charge in [-0.15, -0.1) is 0 Å². The molecule has 0 fully saturated rings. The van der Waals surface area contributed by atoms with Gasteiger partial charge in [0, 0.05) is 0 Å². The summed E-state index contributed by atoms with van der Waals surface area (Å²) >= 11 is 0.282. The molecule has 0 aliphatic heterocycles. The number of esters is 1. The molecule has 0 bridgehead atoms. The van der Waals surface area contributed by atoms with Crippen LogP contribution in [0.2, 0.25) is 5.32 Å². The van der Waals surface area contributed by atoms with Gasteiger partial charge in [0.15, 0.2) is 0 Å². The van der Waals surface area contributed by atoms with Crippen molar-refractivity contribution in [2.24, 2.45) is 0 Å². The molecule has 1 amide bonds. The van der Waals surface area contributed by atoms with Crippen LogP contribution in [0, 0.1) is 0 Å². The second-order valence-corrected chi connectivity index (χ2v) is 7.72. The van der Waals surface area contributed by atoms with Gasteiger partial charge in [-0.2, -0.15) is 0 Å². The zero-order valence-electron chi connectivity index (χ0n) is 13.6. The van der Waals surface area contributed by atoms with Crippen molar-refractivity contribution in [1.82, 2.24) is 5.32 Å². The number of rotatable bonds is 8. The third-order valence-electron chi connectivity index (χ3n) is 3.28. The van der Waals surface area contributed by atoms with E-state index in [2.05, 4.69) is 17.4 Å². The molecule has 0 spiro atoms. The molecule has 0 radical (unpaired) electrons. The number of hydrogen-bond donors (Lipinski definition) is 1. The summed E-state index contributed by atoms with van der Waals surface area (Å²) in [5, 5.41) is 3.50. The summed E-state index contributed by atoms with van der Waals surface area (Å²) < 4.78 is 6.64. The maximum atomic E-state index is 12.3. The van der Waals surface area contributed by atoms with Crippen molar-refractivity contribution in [3.8, 4) is 0 Å². The van der Waals surface area contributed by atoms with Crippen molar-refractivity contribution >= 4 is 31.3 Å². The topological polar surface area (TPSA) is 55.4 Å². The number of amides is 1. The van der Waals surface area contributed by atoms with Gasteiger partial charge >= 0.3 is 148 Å². The zero-order chi connectivity index (χ0) is 17.2. The average Bonchev–Trinajstić information content (AvgIpc) is 2.59. The predicted molar refractivity (Wildman–Crippen MR) is 95.3 cm³/mol. The van der Waals surface area contributed by atoms with Crippen molar-refractivity contribution in [3.63, 3.8) is 0 Å². The Hall–Kier alpha value is -2.10. The van der Waals surface area contributed by atoms with Crippen LogP contribution in [0.5, 0.6) is 0 Å². The Kier molecular flexibility index (Phi) is 7.53. The van der Waals surface area contributed by atoms with Crippen LogP contribution in [-0.2, 0) is 20.7 Å². The summed E-state index contributed by atoms with van der Waals surface area (Å²) in [7, 11) is 0. The van der Waals surface area contributed by atoms with Gasteiger partial charge in [0.05, 0.1) is 0 Å². The molecule has 0 aliphatic carbocycles. The fraction of sp³-hybridized carbons (Fsp3) is 0.263. The van der Waals surface area contributed by atoms with Gasteiger partial charge in [-0.3, -0.25) is 0 Å². The first-order valence-corrected chi connectivity index (χ1v) is 9.87. The molecule has 2 aromatic rings. The first-order chi connectivity index (χ1) is 11.6. The third kappa shape index (κ3) is 6.57. The summed E-state index contributed by atoms with van der Waals surface area (Å²) in [6.07, 6.45) is 0.434. The van der Waals surface area contributed by atoms with Crippen LogP contribution in [0.15, 0.2) is 60.7 Å². The van der Waals surface area contributed by atoms with Gasteiger partial charge < -0.3 is 0 Å². The Morgan fingerprint density at radius 1 is 1.04 bits per heavy atom. The molecule has 24 heavy (non-hydrogen) atoms. The Morgan fingerprint density at radius 3 is 2.29 bits per heavy atom. The Morgan fingerprint density at radius 2 is 1.67 bits per heavy atom. The molecule has 4 nitrogen and oxygen atoms in total. The summed E-state index contributed by atoms with van der Waals surface area (Å²) in [4.78, 5) is 23.6. The van der Waals surface area contributed by atoms with E-state index in [4.69, 9.17) is 4.74 Å². The van der Waals surface area contributed by atoms with Crippen LogP contribution >= 0.6 is 0 Å². The molecule has 126 valence electrons. The molecule has 5 heteroatoms. The normalized spacial score (nSPS) is 11.5. The monoisotopic (exact) mass is 391 g/mol. The molecule has 0 saturated carbocycles. The quantitative estimate of drug-likeness (QED) is 0.424. The van der Waals surface area contributed by atoms with Crippen LogP contribution < -0.4 is 9.78 Å². The zero-order valence-corrected chi connectivity index (χ0v) is 15.3. The standard InChI is InChI=1S/C19H21NO3Se/c1-15(21)20-18(14-16-8-4-2-5-9-16)19(22)23-12-13-24-17-10-6-3-7-11-17/h2-11,18H,12-14H2,1H3,(H,20,21). The van der Waals surface area contributed by atoms with Gasteiger partial charge in [0.2, 0.25) is 0 Å². The van der Waals surface area contributed by atoms with Gasteiger partial charge in [-0.1, -0.05) is 0 Å². The molecule has 0 aromatic heterocycles. The average molecular weight is 390 g/mol. The van der Waals surface area contributed by atoms with Crippen molar-refractivity contribution in [2.75, 3.05) is 6.61 Å². The maximum absolute atomic E-state index is 12.3. The second kappa shape index (κ2) is 9.91. The minimum absolute atomic E-state index is 0.235. The van der Waals surface area contributed by atoms with Crippen molar-refractivity contribution in [1.29, 1.82) is 0 Å². The SMILES string of the molecule is CC(=O)NC(Cc1ccccc1)C(=O)OCC[Se]c1ccccc1. The van der Waals surface area contributed by atoms with E-state index in [1.54, 1.807) is 0 Å². The van der Waals surface area contributed by atoms with Crippen LogP contribution in [0.3, 0.4) is 0 Å². The number of benzene rings is 2. The van der Waals surface area contributed by atoms with Gasteiger partial charge in [-0.05, 0) is 0 Å². The molecule has 1 unspecified atom stereocenters. The van der Waals surface area contributed by atoms with Gasteiger partial charge in [-0.25, -0.2) is 0 Å². The molecule has 0 heterocycles. The molecule has 0 aliphatic rings. The molecule has 2 aromatic carbocycles. The number of nitrogens with one attached hydrogen (secondary N) is 1. The fourth-order valence-corrected chi connectivity index (χ4v) is 3.79. The molecular weight excluding hydrogens is 369 g/mol. The number of ether oxygens (including phenoxy) is 1. The number of carbonyl (C=O) groups excluding carboxylic acids is 2. The van der Waals surface area contributed by atoms with Crippen LogP contribution in [0.4, 0.5) is 0 Å². The second-order valence-electron chi connectivity index (χ2n) is 5.27. The van der Waals surface area contributed by atoms with Crippen molar-refractivity contribution in [2.45, 2.75) is 24.7 Å². The summed E-state index contributed by atoms with van der Waals surface area (Å²) in [6.45, 7) is 1.78. The van der Waals surface area contributed by atoms with Crippen molar-refractivity contribution < 1.29 is 14.3 Å². The predicted octanol–water partition coefficient (Wildman–Crippen LogP) is 1.72. The van der Waals surface area contributed by atoms with E-state index in [9.17, 15) is 9.59 Å². The summed E-state index contributed by atoms with van der Waals surface area (Å²) in [5.74, 6) is -0.612. The van der Waals surface area contributed by atoms with Crippen molar-refractivity contribution in [3.05, 3.63) is 66.2 Å². The van der Waals surface area contributed by atoms with Gasteiger partial charge in [0.25, 0.3) is 0 Å². The van der Waals surface area contributed by atoms with E-state index in [0.717, 1.165) is 10.9 Å². The van der Waals surface area contributed by atoms with E-state index in [-0.39, 0.29) is 26.8 Å².